The van der Waals surface area contributed by atoms with Gasteiger partial charge in [0.15, 0.2) is 0 Å². The van der Waals surface area contributed by atoms with E-state index in [0.29, 0.717) is 0 Å². The Bertz CT molecular complexity index is 850. The van der Waals surface area contributed by atoms with Gasteiger partial charge in [-0.2, -0.15) is 13.2 Å². The highest BCUT2D eigenvalue weighted by molar-refractivity contribution is 5.84. The molecular weight excluding hydrogens is 389 g/mol. The number of benzene rings is 2. The number of halogens is 3. The van der Waals surface area contributed by atoms with Gasteiger partial charge in [0.25, 0.3) is 0 Å². The third-order valence-electron chi connectivity index (χ3n) is 5.78. The monoisotopic (exact) mass is 420 g/mol. The Morgan fingerprint density at radius 1 is 0.967 bits per heavy atom. The fraction of sp³-hybridized carbons (Fsp3) is 0.542. The summed E-state index contributed by atoms with van der Waals surface area (Å²) in [6, 6.07) is 9.06. The molecule has 1 heterocycles. The number of hydrazine groups is 1. The lowest BCUT2D eigenvalue weighted by atomic mass is 9.98. The fourth-order valence-electron chi connectivity index (χ4n) is 4.16. The lowest BCUT2D eigenvalue weighted by molar-refractivity contribution is -0.191. The van der Waals surface area contributed by atoms with Gasteiger partial charge in [-0.3, -0.25) is 10.2 Å². The van der Waals surface area contributed by atoms with Gasteiger partial charge in [-0.25, -0.2) is 5.01 Å². The summed E-state index contributed by atoms with van der Waals surface area (Å²) >= 11 is 0. The molecule has 0 radical (unpaired) electrons. The van der Waals surface area contributed by atoms with E-state index in [0.717, 1.165) is 28.6 Å². The van der Waals surface area contributed by atoms with Crippen LogP contribution in [0.5, 0.6) is 0 Å². The predicted molar refractivity (Wildman–Crippen MR) is 114 cm³/mol. The van der Waals surface area contributed by atoms with Crippen molar-refractivity contribution in [2.75, 3.05) is 6.54 Å². The van der Waals surface area contributed by atoms with Crippen molar-refractivity contribution < 1.29 is 18.0 Å². The normalized spacial score (nSPS) is 16.2. The van der Waals surface area contributed by atoms with Crippen molar-refractivity contribution >= 4 is 16.7 Å². The topological polar surface area (TPSA) is 32.3 Å². The lowest BCUT2D eigenvalue weighted by Crippen LogP contribution is -2.43. The van der Waals surface area contributed by atoms with E-state index in [-0.39, 0.29) is 24.4 Å². The molecule has 30 heavy (non-hydrogen) atoms. The van der Waals surface area contributed by atoms with Crippen LogP contribution in [0.2, 0.25) is 0 Å². The van der Waals surface area contributed by atoms with E-state index in [1.165, 1.54) is 50.2 Å². The van der Waals surface area contributed by atoms with Crippen LogP contribution in [0.3, 0.4) is 0 Å². The molecule has 1 aliphatic heterocycles. The van der Waals surface area contributed by atoms with E-state index < -0.39 is 12.2 Å². The zero-order chi connectivity index (χ0) is 21.6. The van der Waals surface area contributed by atoms with Gasteiger partial charge in [0, 0.05) is 13.0 Å². The van der Waals surface area contributed by atoms with Crippen molar-refractivity contribution in [1.29, 1.82) is 0 Å². The first kappa shape index (κ1) is 22.6. The maximum Gasteiger partial charge on any atom is 0.409 e. The van der Waals surface area contributed by atoms with E-state index in [1.807, 2.05) is 12.1 Å². The molecule has 2 aromatic rings. The second kappa shape index (κ2) is 10.3. The van der Waals surface area contributed by atoms with Crippen LogP contribution < -0.4 is 5.43 Å². The third-order valence-corrected chi connectivity index (χ3v) is 5.78. The number of nitrogens with zero attached hydrogens (tertiary/aromatic N) is 1. The molecule has 1 N–H and O–H groups in total. The van der Waals surface area contributed by atoms with Crippen molar-refractivity contribution in [2.45, 2.75) is 76.9 Å². The largest absolute Gasteiger partial charge is 0.409 e. The van der Waals surface area contributed by atoms with E-state index in [2.05, 4.69) is 18.4 Å². The van der Waals surface area contributed by atoms with Crippen LogP contribution >= 0.6 is 0 Å². The van der Waals surface area contributed by atoms with Gasteiger partial charge >= 0.3 is 6.18 Å². The molecule has 1 saturated heterocycles. The minimum absolute atomic E-state index is 0.0540. The Hall–Kier alpha value is -2.08. The number of rotatable bonds is 10. The molecule has 3 nitrogen and oxygen atoms in total. The third kappa shape index (κ3) is 5.97. The molecule has 1 amide bonds. The average molecular weight is 421 g/mol. The van der Waals surface area contributed by atoms with Crippen molar-refractivity contribution in [3.05, 3.63) is 47.5 Å². The molecule has 6 heteroatoms. The van der Waals surface area contributed by atoms with Gasteiger partial charge in [0.05, 0.1) is 0 Å². The van der Waals surface area contributed by atoms with Gasteiger partial charge in [-0.1, -0.05) is 75.8 Å². The van der Waals surface area contributed by atoms with Crippen LogP contribution in [-0.4, -0.2) is 23.6 Å². The summed E-state index contributed by atoms with van der Waals surface area (Å²) in [4.78, 5) is 11.4. The first-order valence-corrected chi connectivity index (χ1v) is 11.0. The Labute approximate surface area is 176 Å². The summed E-state index contributed by atoms with van der Waals surface area (Å²) in [7, 11) is 0. The second-order valence-corrected chi connectivity index (χ2v) is 8.23. The number of amides is 1. The quantitative estimate of drug-likeness (QED) is 0.447. The van der Waals surface area contributed by atoms with Crippen LogP contribution in [0.4, 0.5) is 13.2 Å². The van der Waals surface area contributed by atoms with Gasteiger partial charge in [0.1, 0.15) is 6.04 Å². The molecule has 0 bridgehead atoms. The van der Waals surface area contributed by atoms with Gasteiger partial charge in [0.2, 0.25) is 5.91 Å². The number of fused-ring (bicyclic) bond motifs is 1. The Morgan fingerprint density at radius 2 is 1.63 bits per heavy atom. The van der Waals surface area contributed by atoms with E-state index >= 15 is 0 Å². The molecule has 164 valence electrons. The summed E-state index contributed by atoms with van der Waals surface area (Å²) in [5.74, 6) is -0.375. The van der Waals surface area contributed by atoms with E-state index in [1.54, 1.807) is 12.1 Å². The number of carbonyl (C=O) groups excluding carboxylic acids is 1. The smallest absolute Gasteiger partial charge is 0.288 e. The average Bonchev–Trinajstić information content (AvgIpc) is 3.11. The highest BCUT2D eigenvalue weighted by Crippen LogP contribution is 2.38. The predicted octanol–water partition coefficient (Wildman–Crippen LogP) is 6.47. The van der Waals surface area contributed by atoms with Gasteiger partial charge < -0.3 is 0 Å². The molecule has 0 spiro atoms. The summed E-state index contributed by atoms with van der Waals surface area (Å²) in [5, 5.41) is 2.74. The molecular formula is C24H31F3N2O. The van der Waals surface area contributed by atoms with Crippen LogP contribution in [0.1, 0.15) is 75.5 Å². The van der Waals surface area contributed by atoms with Crippen LogP contribution in [0.15, 0.2) is 36.4 Å². The van der Waals surface area contributed by atoms with Crippen molar-refractivity contribution in [3.63, 3.8) is 0 Å². The highest BCUT2D eigenvalue weighted by atomic mass is 19.4. The molecule has 1 unspecified atom stereocenters. The Morgan fingerprint density at radius 3 is 2.30 bits per heavy atom. The number of hydrogen-bond acceptors (Lipinski definition) is 2. The first-order chi connectivity index (χ1) is 14.4. The highest BCUT2D eigenvalue weighted by Gasteiger charge is 2.46. The Balaban J connectivity index is 1.66. The molecule has 2 aromatic carbocycles. The molecule has 0 aliphatic carbocycles. The summed E-state index contributed by atoms with van der Waals surface area (Å²) in [6.45, 7) is 2.27. The number of aryl methyl sites for hydroxylation is 1. The fourth-order valence-corrected chi connectivity index (χ4v) is 4.16. The maximum absolute atomic E-state index is 13.7. The minimum Gasteiger partial charge on any atom is -0.288 e. The summed E-state index contributed by atoms with van der Waals surface area (Å²) < 4.78 is 41.2. The maximum atomic E-state index is 13.7. The number of alkyl halides is 3. The molecule has 3 rings (SSSR count). The van der Waals surface area contributed by atoms with E-state index in [9.17, 15) is 18.0 Å². The van der Waals surface area contributed by atoms with Gasteiger partial charge in [-0.05, 0) is 40.8 Å². The molecule has 1 atom stereocenters. The second-order valence-electron chi connectivity index (χ2n) is 8.23. The lowest BCUT2D eigenvalue weighted by Gasteiger charge is -2.29. The molecule has 0 saturated carbocycles. The van der Waals surface area contributed by atoms with Gasteiger partial charge in [-0.15, -0.1) is 0 Å². The zero-order valence-corrected chi connectivity index (χ0v) is 17.6. The SMILES string of the molecule is CCCCCCCCCc1ccc2cc(C(N3CCC(=O)N3)C(F)(F)F)ccc2c1. The number of unbranched alkanes of at least 4 members (excludes halogenated alkanes) is 6. The zero-order valence-electron chi connectivity index (χ0n) is 17.6. The first-order valence-electron chi connectivity index (χ1n) is 11.0. The van der Waals surface area contributed by atoms with Crippen LogP contribution in [0.25, 0.3) is 10.8 Å². The summed E-state index contributed by atoms with van der Waals surface area (Å²) in [5.41, 5.74) is 3.71. The van der Waals surface area contributed by atoms with Crippen molar-refractivity contribution in [3.8, 4) is 0 Å². The van der Waals surface area contributed by atoms with Crippen LogP contribution in [0, 0.1) is 0 Å². The van der Waals surface area contributed by atoms with Crippen LogP contribution in [-0.2, 0) is 11.2 Å². The molecule has 1 aliphatic rings. The number of nitrogens with one attached hydrogen (secondary N) is 1. The number of hydrogen-bond donors (Lipinski definition) is 1. The van der Waals surface area contributed by atoms with E-state index in [4.69, 9.17) is 0 Å². The number of carbonyl (C=O) groups is 1. The van der Waals surface area contributed by atoms with Crippen molar-refractivity contribution in [1.82, 2.24) is 10.4 Å². The Kier molecular flexibility index (Phi) is 7.75. The minimum atomic E-state index is -4.47. The molecule has 0 aromatic heterocycles. The molecule has 1 fully saturated rings. The summed E-state index contributed by atoms with van der Waals surface area (Å²) in [6.07, 6.45) is 5.42. The standard InChI is InChI=1S/C24H31F3N2O/c1-2-3-4-5-6-7-8-9-18-10-11-20-17-21(13-12-19(20)16-18)23(24(25,26)27)29-15-14-22(30)28-29/h10-13,16-17,23H,2-9,14-15H2,1H3,(H,28,30). The van der Waals surface area contributed by atoms with Crippen molar-refractivity contribution in [2.24, 2.45) is 0 Å².